The first-order valence-corrected chi connectivity index (χ1v) is 4.72. The molecule has 1 aliphatic carbocycles. The van der Waals surface area contributed by atoms with Crippen molar-refractivity contribution in [2.75, 3.05) is 19.8 Å². The summed E-state index contributed by atoms with van der Waals surface area (Å²) in [6, 6.07) is 0. The number of aliphatic hydroxyl groups excluding tert-OH is 1. The number of hydrogen-bond acceptors (Lipinski definition) is 3. The second-order valence-electron chi connectivity index (χ2n) is 4.48. The van der Waals surface area contributed by atoms with Crippen LogP contribution < -0.4 is 0 Å². The first-order valence-electron chi connectivity index (χ1n) is 4.72. The van der Waals surface area contributed by atoms with Crippen LogP contribution in [-0.2, 0) is 4.74 Å². The Bertz CT molecular complexity index is 228. The van der Waals surface area contributed by atoms with Gasteiger partial charge in [-0.15, -0.1) is 0 Å². The molecule has 2 aliphatic rings. The Hall–Kier alpha value is -0.260. The van der Waals surface area contributed by atoms with Crippen LogP contribution in [0.5, 0.6) is 0 Å². The molecule has 0 bridgehead atoms. The molecule has 1 saturated heterocycles. The fourth-order valence-corrected chi connectivity index (χ4v) is 2.50. The maximum atomic E-state index is 12.8. The Kier molecular flexibility index (Phi) is 2.10. The van der Waals surface area contributed by atoms with Crippen LogP contribution in [0.2, 0.25) is 0 Å². The van der Waals surface area contributed by atoms with E-state index in [0.717, 1.165) is 0 Å². The first kappa shape index (κ1) is 10.3. The SMILES string of the molecule is OCC1(C2(O)CCOC2)CC(F)(F)C1. The average molecular weight is 208 g/mol. The number of aliphatic hydroxyl groups is 2. The third kappa shape index (κ3) is 1.26. The predicted octanol–water partition coefficient (Wildman–Crippen LogP) is 0.546. The van der Waals surface area contributed by atoms with Gasteiger partial charge in [0.15, 0.2) is 0 Å². The van der Waals surface area contributed by atoms with Crippen LogP contribution in [0.4, 0.5) is 8.78 Å². The molecule has 14 heavy (non-hydrogen) atoms. The normalized spacial score (nSPS) is 39.4. The van der Waals surface area contributed by atoms with Gasteiger partial charge >= 0.3 is 0 Å². The number of hydrogen-bond donors (Lipinski definition) is 2. The van der Waals surface area contributed by atoms with Gasteiger partial charge < -0.3 is 14.9 Å². The van der Waals surface area contributed by atoms with Crippen molar-refractivity contribution in [1.29, 1.82) is 0 Å². The van der Waals surface area contributed by atoms with E-state index in [1.165, 1.54) is 0 Å². The van der Waals surface area contributed by atoms with E-state index in [0.29, 0.717) is 13.0 Å². The second kappa shape index (κ2) is 2.87. The lowest BCUT2D eigenvalue weighted by atomic mass is 9.57. The van der Waals surface area contributed by atoms with Crippen molar-refractivity contribution in [3.05, 3.63) is 0 Å². The van der Waals surface area contributed by atoms with Gasteiger partial charge in [0.25, 0.3) is 0 Å². The quantitative estimate of drug-likeness (QED) is 0.696. The van der Waals surface area contributed by atoms with Gasteiger partial charge in [-0.25, -0.2) is 8.78 Å². The van der Waals surface area contributed by atoms with Crippen LogP contribution >= 0.6 is 0 Å². The van der Waals surface area contributed by atoms with E-state index in [2.05, 4.69) is 0 Å². The highest BCUT2D eigenvalue weighted by atomic mass is 19.3. The molecule has 0 spiro atoms. The Morgan fingerprint density at radius 2 is 1.93 bits per heavy atom. The van der Waals surface area contributed by atoms with Crippen LogP contribution in [0.1, 0.15) is 19.3 Å². The number of ether oxygens (including phenoxy) is 1. The summed E-state index contributed by atoms with van der Waals surface area (Å²) >= 11 is 0. The largest absolute Gasteiger partial charge is 0.396 e. The molecule has 82 valence electrons. The van der Waals surface area contributed by atoms with E-state index >= 15 is 0 Å². The molecule has 1 heterocycles. The van der Waals surface area contributed by atoms with E-state index in [-0.39, 0.29) is 6.61 Å². The van der Waals surface area contributed by atoms with Crippen molar-refractivity contribution >= 4 is 0 Å². The minimum Gasteiger partial charge on any atom is -0.396 e. The van der Waals surface area contributed by atoms with E-state index in [9.17, 15) is 13.9 Å². The average Bonchev–Trinajstić information content (AvgIpc) is 2.48. The van der Waals surface area contributed by atoms with Crippen molar-refractivity contribution in [2.45, 2.75) is 30.8 Å². The van der Waals surface area contributed by atoms with Gasteiger partial charge in [0.2, 0.25) is 5.92 Å². The maximum Gasteiger partial charge on any atom is 0.249 e. The van der Waals surface area contributed by atoms with Gasteiger partial charge in [0, 0.05) is 31.3 Å². The zero-order valence-corrected chi connectivity index (χ0v) is 7.80. The summed E-state index contributed by atoms with van der Waals surface area (Å²) in [6.07, 6.45) is -0.531. The van der Waals surface area contributed by atoms with Gasteiger partial charge in [-0.3, -0.25) is 0 Å². The summed E-state index contributed by atoms with van der Waals surface area (Å²) < 4.78 is 30.6. The van der Waals surface area contributed by atoms with Crippen LogP contribution in [0.15, 0.2) is 0 Å². The van der Waals surface area contributed by atoms with Gasteiger partial charge in [0.1, 0.15) is 0 Å². The highest BCUT2D eigenvalue weighted by molar-refractivity contribution is 5.11. The van der Waals surface area contributed by atoms with Crippen LogP contribution in [0, 0.1) is 5.41 Å². The minimum absolute atomic E-state index is 0.0592. The zero-order valence-electron chi connectivity index (χ0n) is 7.80. The van der Waals surface area contributed by atoms with Crippen LogP contribution in [0.25, 0.3) is 0 Å². The molecule has 5 heteroatoms. The fraction of sp³-hybridized carbons (Fsp3) is 1.00. The first-order chi connectivity index (χ1) is 6.43. The molecule has 0 aromatic rings. The Balaban J connectivity index is 2.14. The molecular weight excluding hydrogens is 194 g/mol. The van der Waals surface area contributed by atoms with Gasteiger partial charge in [-0.05, 0) is 0 Å². The molecular formula is C9H14F2O3. The van der Waals surface area contributed by atoms with Crippen molar-refractivity contribution in [2.24, 2.45) is 5.41 Å². The van der Waals surface area contributed by atoms with E-state index < -0.39 is 36.4 Å². The van der Waals surface area contributed by atoms with Gasteiger partial charge in [-0.1, -0.05) is 0 Å². The molecule has 0 amide bonds. The molecule has 2 rings (SSSR count). The zero-order chi connectivity index (χ0) is 10.4. The van der Waals surface area contributed by atoms with E-state index in [1.54, 1.807) is 0 Å². The smallest absolute Gasteiger partial charge is 0.249 e. The lowest BCUT2D eigenvalue weighted by Gasteiger charge is -2.53. The lowest BCUT2D eigenvalue weighted by Crippen LogP contribution is -2.62. The standard InChI is InChI=1S/C9H14F2O3/c10-9(11)3-7(4-9,5-12)8(13)1-2-14-6-8/h12-13H,1-6H2. The summed E-state index contributed by atoms with van der Waals surface area (Å²) in [5.74, 6) is -2.74. The second-order valence-corrected chi connectivity index (χ2v) is 4.48. The Morgan fingerprint density at radius 1 is 1.29 bits per heavy atom. The topological polar surface area (TPSA) is 49.7 Å². The Morgan fingerprint density at radius 3 is 2.29 bits per heavy atom. The minimum atomic E-state index is -2.74. The summed E-state index contributed by atoms with van der Waals surface area (Å²) in [4.78, 5) is 0. The summed E-state index contributed by atoms with van der Waals surface area (Å²) in [6.45, 7) is 0.0376. The molecule has 0 radical (unpaired) electrons. The van der Waals surface area contributed by atoms with Crippen molar-refractivity contribution in [3.63, 3.8) is 0 Å². The van der Waals surface area contributed by atoms with Crippen molar-refractivity contribution in [1.82, 2.24) is 0 Å². The molecule has 0 aromatic carbocycles. The lowest BCUT2D eigenvalue weighted by molar-refractivity contribution is -0.250. The Labute approximate surface area is 80.7 Å². The molecule has 1 unspecified atom stereocenters. The van der Waals surface area contributed by atoms with Gasteiger partial charge in [0.05, 0.1) is 18.8 Å². The number of rotatable bonds is 2. The fourth-order valence-electron chi connectivity index (χ4n) is 2.50. The molecule has 1 aliphatic heterocycles. The number of halogens is 2. The predicted molar refractivity (Wildman–Crippen MR) is 44.1 cm³/mol. The monoisotopic (exact) mass is 208 g/mol. The van der Waals surface area contributed by atoms with E-state index in [1.807, 2.05) is 0 Å². The summed E-state index contributed by atoms with van der Waals surface area (Å²) in [7, 11) is 0. The van der Waals surface area contributed by atoms with E-state index in [4.69, 9.17) is 9.84 Å². The molecule has 2 N–H and O–H groups in total. The molecule has 1 atom stereocenters. The van der Waals surface area contributed by atoms with Crippen molar-refractivity contribution in [3.8, 4) is 0 Å². The molecule has 1 saturated carbocycles. The molecule has 0 aromatic heterocycles. The van der Waals surface area contributed by atoms with Crippen LogP contribution in [-0.4, -0.2) is 41.6 Å². The van der Waals surface area contributed by atoms with Crippen LogP contribution in [0.3, 0.4) is 0 Å². The highest BCUT2D eigenvalue weighted by Gasteiger charge is 2.66. The third-order valence-corrected chi connectivity index (χ3v) is 3.48. The maximum absolute atomic E-state index is 12.8. The summed E-state index contributed by atoms with van der Waals surface area (Å²) in [5, 5.41) is 19.2. The third-order valence-electron chi connectivity index (χ3n) is 3.48. The summed E-state index contributed by atoms with van der Waals surface area (Å²) in [5.41, 5.74) is -2.31. The van der Waals surface area contributed by atoms with Gasteiger partial charge in [-0.2, -0.15) is 0 Å². The molecule has 2 fully saturated rings. The molecule has 3 nitrogen and oxygen atoms in total. The van der Waals surface area contributed by atoms with Crippen molar-refractivity contribution < 1.29 is 23.7 Å². The highest BCUT2D eigenvalue weighted by Crippen LogP contribution is 2.59. The number of alkyl halides is 2.